The Bertz CT molecular complexity index is 444. The fourth-order valence-electron chi connectivity index (χ4n) is 2.29. The normalized spacial score (nSPS) is 13.5. The Morgan fingerprint density at radius 1 is 1.33 bits per heavy atom. The molecule has 1 aromatic rings. The number of likely N-dealkylation sites (N-methyl/N-ethyl adjacent to an activating group) is 1. The molecule has 1 rings (SSSR count). The molecule has 0 aliphatic rings. The average molecular weight is 292 g/mol. The molecule has 1 aromatic carbocycles. The van der Waals surface area contributed by atoms with E-state index in [1.165, 1.54) is 0 Å². The molecule has 1 atom stereocenters. The van der Waals surface area contributed by atoms with E-state index < -0.39 is 0 Å². The van der Waals surface area contributed by atoms with Gasteiger partial charge in [0.25, 0.3) is 0 Å². The number of benzene rings is 1. The molecule has 118 valence electrons. The second kappa shape index (κ2) is 9.37. The van der Waals surface area contributed by atoms with Gasteiger partial charge in [-0.2, -0.15) is 0 Å². The SMILES string of the molecule is CCN(CC)C(C)CN=C(N)Nc1ccccc1COC. The number of guanidine groups is 1. The van der Waals surface area contributed by atoms with Crippen molar-refractivity contribution < 1.29 is 4.74 Å². The molecule has 0 heterocycles. The van der Waals surface area contributed by atoms with Gasteiger partial charge in [-0.15, -0.1) is 0 Å². The number of ether oxygens (including phenoxy) is 1. The highest BCUT2D eigenvalue weighted by molar-refractivity contribution is 5.92. The van der Waals surface area contributed by atoms with Crippen LogP contribution < -0.4 is 11.1 Å². The van der Waals surface area contributed by atoms with Gasteiger partial charge < -0.3 is 15.8 Å². The van der Waals surface area contributed by atoms with Crippen molar-refractivity contribution in [3.8, 4) is 0 Å². The Morgan fingerprint density at radius 2 is 2.00 bits per heavy atom. The lowest BCUT2D eigenvalue weighted by Gasteiger charge is -2.24. The second-order valence-corrected chi connectivity index (χ2v) is 5.01. The number of rotatable bonds is 8. The lowest BCUT2D eigenvalue weighted by Crippen LogP contribution is -2.36. The highest BCUT2D eigenvalue weighted by atomic mass is 16.5. The molecule has 5 nitrogen and oxygen atoms in total. The van der Waals surface area contributed by atoms with Crippen molar-refractivity contribution >= 4 is 11.6 Å². The third-order valence-electron chi connectivity index (χ3n) is 3.54. The first-order valence-corrected chi connectivity index (χ1v) is 7.50. The van der Waals surface area contributed by atoms with Crippen molar-refractivity contribution in [1.29, 1.82) is 0 Å². The predicted octanol–water partition coefficient (Wildman–Crippen LogP) is 2.29. The number of para-hydroxylation sites is 1. The highest BCUT2D eigenvalue weighted by Crippen LogP contribution is 2.15. The minimum absolute atomic E-state index is 0.384. The second-order valence-electron chi connectivity index (χ2n) is 5.01. The third kappa shape index (κ3) is 5.73. The number of hydrogen-bond acceptors (Lipinski definition) is 3. The smallest absolute Gasteiger partial charge is 0.193 e. The quantitative estimate of drug-likeness (QED) is 0.570. The number of nitrogens with zero attached hydrogens (tertiary/aromatic N) is 2. The molecule has 0 radical (unpaired) electrons. The summed E-state index contributed by atoms with van der Waals surface area (Å²) in [6.45, 7) is 9.77. The monoisotopic (exact) mass is 292 g/mol. The molecule has 0 spiro atoms. The van der Waals surface area contributed by atoms with Crippen LogP contribution in [0.15, 0.2) is 29.3 Å². The summed E-state index contributed by atoms with van der Waals surface area (Å²) >= 11 is 0. The van der Waals surface area contributed by atoms with Crippen LogP contribution >= 0.6 is 0 Å². The van der Waals surface area contributed by atoms with Crippen molar-refractivity contribution in [3.63, 3.8) is 0 Å². The van der Waals surface area contributed by atoms with Crippen LogP contribution in [0.4, 0.5) is 5.69 Å². The lowest BCUT2D eigenvalue weighted by molar-refractivity contribution is 0.185. The molecule has 21 heavy (non-hydrogen) atoms. The molecule has 3 N–H and O–H groups in total. The maximum absolute atomic E-state index is 5.98. The van der Waals surface area contributed by atoms with Gasteiger partial charge in [0.15, 0.2) is 5.96 Å². The first kappa shape index (κ1) is 17.5. The zero-order valence-corrected chi connectivity index (χ0v) is 13.6. The molecule has 0 aliphatic carbocycles. The van der Waals surface area contributed by atoms with E-state index in [1.54, 1.807) is 7.11 Å². The minimum Gasteiger partial charge on any atom is -0.380 e. The molecular weight excluding hydrogens is 264 g/mol. The summed E-state index contributed by atoms with van der Waals surface area (Å²) in [6, 6.07) is 8.32. The maximum Gasteiger partial charge on any atom is 0.193 e. The van der Waals surface area contributed by atoms with E-state index in [9.17, 15) is 0 Å². The Labute approximate surface area is 128 Å². The van der Waals surface area contributed by atoms with Gasteiger partial charge in [-0.3, -0.25) is 9.89 Å². The van der Waals surface area contributed by atoms with Crippen molar-refractivity contribution in [2.24, 2.45) is 10.7 Å². The topological polar surface area (TPSA) is 62.9 Å². The minimum atomic E-state index is 0.384. The fraction of sp³-hybridized carbons (Fsp3) is 0.562. The zero-order chi connectivity index (χ0) is 15.7. The molecule has 0 aromatic heterocycles. The summed E-state index contributed by atoms with van der Waals surface area (Å²) in [6.07, 6.45) is 0. The largest absolute Gasteiger partial charge is 0.380 e. The molecule has 0 bridgehead atoms. The van der Waals surface area contributed by atoms with Crippen molar-refractivity contribution in [1.82, 2.24) is 4.90 Å². The molecule has 1 unspecified atom stereocenters. The predicted molar refractivity (Wildman–Crippen MR) is 89.7 cm³/mol. The van der Waals surface area contributed by atoms with E-state index in [1.807, 2.05) is 24.3 Å². The number of hydrogen-bond donors (Lipinski definition) is 2. The first-order chi connectivity index (χ1) is 10.1. The van der Waals surface area contributed by atoms with E-state index in [2.05, 4.69) is 36.0 Å². The van der Waals surface area contributed by atoms with Crippen molar-refractivity contribution in [3.05, 3.63) is 29.8 Å². The Hall–Kier alpha value is -1.59. The number of aliphatic imine (C=N–C) groups is 1. The van der Waals surface area contributed by atoms with Crippen LogP contribution in [0, 0.1) is 0 Å². The highest BCUT2D eigenvalue weighted by Gasteiger charge is 2.09. The van der Waals surface area contributed by atoms with E-state index >= 15 is 0 Å². The maximum atomic E-state index is 5.98. The van der Waals surface area contributed by atoms with Crippen LogP contribution in [0.25, 0.3) is 0 Å². The molecule has 0 fully saturated rings. The van der Waals surface area contributed by atoms with Gasteiger partial charge in [0, 0.05) is 24.4 Å². The average Bonchev–Trinajstić information content (AvgIpc) is 2.49. The zero-order valence-electron chi connectivity index (χ0n) is 13.6. The van der Waals surface area contributed by atoms with Crippen LogP contribution in [0.2, 0.25) is 0 Å². The molecule has 0 aliphatic heterocycles. The lowest BCUT2D eigenvalue weighted by atomic mass is 10.2. The number of nitrogens with one attached hydrogen (secondary N) is 1. The number of methoxy groups -OCH3 is 1. The van der Waals surface area contributed by atoms with Crippen LogP contribution in [0.1, 0.15) is 26.3 Å². The Morgan fingerprint density at radius 3 is 2.62 bits per heavy atom. The van der Waals surface area contributed by atoms with Crippen LogP contribution in [0.5, 0.6) is 0 Å². The van der Waals surface area contributed by atoms with E-state index in [4.69, 9.17) is 10.5 Å². The van der Waals surface area contributed by atoms with E-state index in [-0.39, 0.29) is 0 Å². The van der Waals surface area contributed by atoms with Crippen molar-refractivity contribution in [2.45, 2.75) is 33.4 Å². The molecule has 0 amide bonds. The summed E-state index contributed by atoms with van der Waals surface area (Å²) in [5.41, 5.74) is 7.99. The molecule has 0 saturated heterocycles. The standard InChI is InChI=1S/C16H28N4O/c1-5-20(6-2)13(3)11-18-16(17)19-15-10-8-7-9-14(15)12-21-4/h7-10,13H,5-6,11-12H2,1-4H3,(H3,17,18,19). The molecule has 0 saturated carbocycles. The Kier molecular flexibility index (Phi) is 7.79. The Balaban J connectivity index is 2.64. The van der Waals surface area contributed by atoms with Gasteiger partial charge in [-0.1, -0.05) is 32.0 Å². The molecule has 5 heteroatoms. The van der Waals surface area contributed by atoms with E-state index in [0.717, 1.165) is 24.3 Å². The summed E-state index contributed by atoms with van der Waals surface area (Å²) in [7, 11) is 1.68. The summed E-state index contributed by atoms with van der Waals surface area (Å²) < 4.78 is 5.18. The number of nitrogens with two attached hydrogens (primary N) is 1. The van der Waals surface area contributed by atoms with E-state index in [0.29, 0.717) is 25.2 Å². The van der Waals surface area contributed by atoms with Gasteiger partial charge in [0.1, 0.15) is 0 Å². The van der Waals surface area contributed by atoms with Gasteiger partial charge in [0.2, 0.25) is 0 Å². The number of anilines is 1. The fourth-order valence-corrected chi connectivity index (χ4v) is 2.29. The summed E-state index contributed by atoms with van der Waals surface area (Å²) in [5, 5.41) is 3.15. The van der Waals surface area contributed by atoms with Crippen molar-refractivity contribution in [2.75, 3.05) is 32.1 Å². The van der Waals surface area contributed by atoms with Crippen LogP contribution in [0.3, 0.4) is 0 Å². The van der Waals surface area contributed by atoms with Gasteiger partial charge in [-0.05, 0) is 26.1 Å². The summed E-state index contributed by atoms with van der Waals surface area (Å²) in [4.78, 5) is 6.80. The van der Waals surface area contributed by atoms with Crippen LogP contribution in [-0.4, -0.2) is 43.6 Å². The molecular formula is C16H28N4O. The van der Waals surface area contributed by atoms with Gasteiger partial charge in [0.05, 0.1) is 13.2 Å². The third-order valence-corrected chi connectivity index (χ3v) is 3.54. The first-order valence-electron chi connectivity index (χ1n) is 7.50. The summed E-state index contributed by atoms with van der Waals surface area (Å²) in [5.74, 6) is 0.442. The van der Waals surface area contributed by atoms with Gasteiger partial charge in [-0.25, -0.2) is 0 Å². The van der Waals surface area contributed by atoms with Gasteiger partial charge >= 0.3 is 0 Å². The van der Waals surface area contributed by atoms with Crippen LogP contribution in [-0.2, 0) is 11.3 Å².